The first-order valence-corrected chi connectivity index (χ1v) is 6.18. The van der Waals surface area contributed by atoms with Crippen LogP contribution in [-0.2, 0) is 4.74 Å². The molecule has 0 spiro atoms. The fourth-order valence-corrected chi connectivity index (χ4v) is 2.61. The van der Waals surface area contributed by atoms with Crippen LogP contribution in [0.3, 0.4) is 0 Å². The van der Waals surface area contributed by atoms with E-state index in [-0.39, 0.29) is 11.8 Å². The molecule has 0 aromatic carbocycles. The number of halogens is 1. The van der Waals surface area contributed by atoms with Crippen LogP contribution in [0.15, 0.2) is 11.3 Å². The third-order valence-electron chi connectivity index (χ3n) is 3.42. The van der Waals surface area contributed by atoms with Crippen molar-refractivity contribution in [2.75, 3.05) is 6.61 Å². The topological polar surface area (TPSA) is 108 Å². The molecule has 8 heteroatoms. The summed E-state index contributed by atoms with van der Waals surface area (Å²) in [7, 11) is 0. The van der Waals surface area contributed by atoms with Gasteiger partial charge in [0.05, 0.1) is 18.2 Å². The Kier molecular flexibility index (Phi) is 3.23. The molecule has 1 aromatic heterocycles. The third kappa shape index (κ3) is 1.94. The summed E-state index contributed by atoms with van der Waals surface area (Å²) in [6.07, 6.45) is -0.911. The normalized spacial score (nSPS) is 36.7. The van der Waals surface area contributed by atoms with Crippen molar-refractivity contribution < 1.29 is 20.1 Å². The number of aliphatic hydroxyl groups excluding tert-OH is 3. The first-order valence-electron chi connectivity index (χ1n) is 5.80. The van der Waals surface area contributed by atoms with Crippen molar-refractivity contribution in [1.29, 1.82) is 0 Å². The van der Waals surface area contributed by atoms with Crippen LogP contribution < -0.4 is 0 Å². The molecule has 2 aliphatic heterocycles. The summed E-state index contributed by atoms with van der Waals surface area (Å²) in [4.78, 5) is 12.0. The molecule has 0 bridgehead atoms. The Balaban J connectivity index is 1.91. The minimum atomic E-state index is -1.13. The highest BCUT2D eigenvalue weighted by atomic mass is 35.5. The molecule has 0 radical (unpaired) electrons. The lowest BCUT2D eigenvalue weighted by Gasteiger charge is -2.19. The maximum atomic E-state index is 9.99. The van der Waals surface area contributed by atoms with Crippen LogP contribution in [0, 0.1) is 0 Å². The van der Waals surface area contributed by atoms with Crippen molar-refractivity contribution >= 4 is 23.5 Å². The highest BCUT2D eigenvalue weighted by Gasteiger charge is 2.47. The second-order valence-electron chi connectivity index (χ2n) is 4.51. The van der Waals surface area contributed by atoms with Gasteiger partial charge in [-0.2, -0.15) is 0 Å². The standard InChI is InChI=1S/C11H12ClN3O4/c12-11-7-6(14-3-15-11)4(1-13-7)10-9(18)8(17)5(2-16)19-10/h1,3-5,8-10,16-18H,2H2/t4?,5-,8-,9-,10+/m1/s1. The van der Waals surface area contributed by atoms with Gasteiger partial charge in [0, 0.05) is 6.21 Å². The van der Waals surface area contributed by atoms with Crippen LogP contribution in [0.2, 0.25) is 5.15 Å². The predicted molar refractivity (Wildman–Crippen MR) is 65.7 cm³/mol. The average Bonchev–Trinajstić information content (AvgIpc) is 2.94. The Bertz CT molecular complexity index is 527. The summed E-state index contributed by atoms with van der Waals surface area (Å²) in [5, 5.41) is 29.1. The Labute approximate surface area is 113 Å². The number of aromatic nitrogens is 2. The summed E-state index contributed by atoms with van der Waals surface area (Å²) >= 11 is 5.91. The number of aliphatic hydroxyl groups is 3. The van der Waals surface area contributed by atoms with E-state index in [1.54, 1.807) is 6.21 Å². The summed E-state index contributed by atoms with van der Waals surface area (Å²) in [6, 6.07) is 0. The maximum Gasteiger partial charge on any atom is 0.158 e. The number of rotatable bonds is 2. The Hall–Kier alpha value is -1.12. The molecule has 102 valence electrons. The highest BCUT2D eigenvalue weighted by molar-refractivity contribution is 6.32. The average molecular weight is 286 g/mol. The molecule has 0 saturated carbocycles. The molecule has 5 atom stereocenters. The second kappa shape index (κ2) is 4.77. The van der Waals surface area contributed by atoms with Crippen molar-refractivity contribution in [1.82, 2.24) is 9.97 Å². The smallest absolute Gasteiger partial charge is 0.158 e. The van der Waals surface area contributed by atoms with Crippen molar-refractivity contribution in [2.24, 2.45) is 4.99 Å². The molecule has 1 aromatic rings. The van der Waals surface area contributed by atoms with E-state index in [0.717, 1.165) is 0 Å². The fraction of sp³-hybridized carbons (Fsp3) is 0.545. The Morgan fingerprint density at radius 2 is 2.05 bits per heavy atom. The first-order chi connectivity index (χ1) is 9.13. The molecule has 3 heterocycles. The van der Waals surface area contributed by atoms with Crippen LogP contribution in [0.25, 0.3) is 0 Å². The Morgan fingerprint density at radius 1 is 1.26 bits per heavy atom. The van der Waals surface area contributed by atoms with E-state index in [2.05, 4.69) is 15.0 Å². The van der Waals surface area contributed by atoms with Gasteiger partial charge >= 0.3 is 0 Å². The van der Waals surface area contributed by atoms with Crippen LogP contribution in [0.4, 0.5) is 5.69 Å². The van der Waals surface area contributed by atoms with E-state index in [9.17, 15) is 10.2 Å². The summed E-state index contributed by atoms with van der Waals surface area (Å²) in [5.41, 5.74) is 1.00. The SMILES string of the molecule is OC[C@H]1O[C@@H](C2C=Nc3c(Cl)ncnc32)[C@H](O)[C@@H]1O. The third-order valence-corrected chi connectivity index (χ3v) is 3.70. The van der Waals surface area contributed by atoms with Gasteiger partial charge in [-0.1, -0.05) is 11.6 Å². The number of hydrogen-bond donors (Lipinski definition) is 3. The number of ether oxygens (including phenoxy) is 1. The number of hydrogen-bond acceptors (Lipinski definition) is 7. The molecule has 3 N–H and O–H groups in total. The van der Waals surface area contributed by atoms with Crippen molar-refractivity contribution in [2.45, 2.75) is 30.3 Å². The van der Waals surface area contributed by atoms with Gasteiger partial charge < -0.3 is 20.1 Å². The van der Waals surface area contributed by atoms with E-state index in [4.69, 9.17) is 21.4 Å². The minimum absolute atomic E-state index is 0.232. The first kappa shape index (κ1) is 12.9. The molecule has 0 amide bonds. The van der Waals surface area contributed by atoms with Crippen LogP contribution in [-0.4, -0.2) is 62.5 Å². The van der Waals surface area contributed by atoms with Crippen molar-refractivity contribution in [3.05, 3.63) is 17.2 Å². The van der Waals surface area contributed by atoms with Crippen LogP contribution >= 0.6 is 11.6 Å². The number of aliphatic imine (C=N–C) groups is 1. The molecule has 2 aliphatic rings. The maximum absolute atomic E-state index is 9.99. The molecule has 1 saturated heterocycles. The zero-order valence-corrected chi connectivity index (χ0v) is 10.5. The van der Waals surface area contributed by atoms with Gasteiger partial charge in [0.25, 0.3) is 0 Å². The van der Waals surface area contributed by atoms with Crippen molar-refractivity contribution in [3.63, 3.8) is 0 Å². The zero-order chi connectivity index (χ0) is 13.6. The van der Waals surface area contributed by atoms with E-state index in [0.29, 0.717) is 11.4 Å². The lowest BCUT2D eigenvalue weighted by Crippen LogP contribution is -2.36. The highest BCUT2D eigenvalue weighted by Crippen LogP contribution is 2.40. The number of nitrogens with zero attached hydrogens (tertiary/aromatic N) is 3. The molecule has 7 nitrogen and oxygen atoms in total. The molecule has 19 heavy (non-hydrogen) atoms. The van der Waals surface area contributed by atoms with Crippen LogP contribution in [0.1, 0.15) is 11.6 Å². The molecule has 1 unspecified atom stereocenters. The lowest BCUT2D eigenvalue weighted by molar-refractivity contribution is -0.0237. The van der Waals surface area contributed by atoms with Gasteiger partial charge in [0.1, 0.15) is 36.4 Å². The quantitative estimate of drug-likeness (QED) is 0.627. The molecular formula is C11H12ClN3O4. The van der Waals surface area contributed by atoms with Gasteiger partial charge in [-0.15, -0.1) is 0 Å². The van der Waals surface area contributed by atoms with Gasteiger partial charge in [-0.25, -0.2) is 9.97 Å². The van der Waals surface area contributed by atoms with E-state index in [1.165, 1.54) is 6.33 Å². The lowest BCUT2D eigenvalue weighted by atomic mass is 9.95. The van der Waals surface area contributed by atoms with Crippen LogP contribution in [0.5, 0.6) is 0 Å². The largest absolute Gasteiger partial charge is 0.394 e. The molecule has 0 aliphatic carbocycles. The van der Waals surface area contributed by atoms with Gasteiger partial charge in [-0.3, -0.25) is 4.99 Å². The van der Waals surface area contributed by atoms with E-state index in [1.807, 2.05) is 0 Å². The van der Waals surface area contributed by atoms with Gasteiger partial charge in [0.2, 0.25) is 0 Å². The predicted octanol–water partition coefficient (Wildman–Crippen LogP) is -0.589. The van der Waals surface area contributed by atoms with Crippen molar-refractivity contribution in [3.8, 4) is 0 Å². The Morgan fingerprint density at radius 3 is 2.74 bits per heavy atom. The molecule has 3 rings (SSSR count). The minimum Gasteiger partial charge on any atom is -0.394 e. The fourth-order valence-electron chi connectivity index (χ4n) is 2.42. The molecule has 1 fully saturated rings. The van der Waals surface area contributed by atoms with E-state index < -0.39 is 30.3 Å². The summed E-state index contributed by atoms with van der Waals surface area (Å²) < 4.78 is 5.47. The summed E-state index contributed by atoms with van der Waals surface area (Å²) in [6.45, 7) is -0.365. The second-order valence-corrected chi connectivity index (χ2v) is 4.86. The number of fused-ring (bicyclic) bond motifs is 1. The van der Waals surface area contributed by atoms with E-state index >= 15 is 0 Å². The monoisotopic (exact) mass is 285 g/mol. The van der Waals surface area contributed by atoms with Gasteiger partial charge in [-0.05, 0) is 0 Å². The van der Waals surface area contributed by atoms with Gasteiger partial charge in [0.15, 0.2) is 5.15 Å². The molecular weight excluding hydrogens is 274 g/mol. The zero-order valence-electron chi connectivity index (χ0n) is 9.72. The summed E-state index contributed by atoms with van der Waals surface area (Å²) in [5.74, 6) is -0.420.